The molecule has 0 bridgehead atoms. The van der Waals surface area contributed by atoms with Crippen LogP contribution in [0.15, 0.2) is 30.3 Å². The van der Waals surface area contributed by atoms with E-state index in [-0.39, 0.29) is 5.56 Å². The third kappa shape index (κ3) is 1.79. The molecule has 1 nitrogen and oxygen atoms in total. The first kappa shape index (κ1) is 15.0. The molecule has 2 unspecified atom stereocenters. The molecule has 1 heterocycles. The van der Waals surface area contributed by atoms with Gasteiger partial charge in [0.05, 0.1) is 0 Å². The van der Waals surface area contributed by atoms with Gasteiger partial charge in [-0.1, -0.05) is 30.3 Å². The number of hydrogen-bond donors (Lipinski definition) is 0. The highest BCUT2D eigenvalue weighted by Gasteiger charge is 2.99. The van der Waals surface area contributed by atoms with Crippen LogP contribution in [0.3, 0.4) is 0 Å². The lowest BCUT2D eigenvalue weighted by atomic mass is 10.2. The zero-order valence-electron chi connectivity index (χ0n) is 9.56. The molecule has 2 atom stereocenters. The minimum absolute atomic E-state index is 0.0671. The van der Waals surface area contributed by atoms with E-state index in [0.717, 1.165) is 0 Å². The van der Waals surface area contributed by atoms with Crippen molar-refractivity contribution in [3.63, 3.8) is 0 Å². The molecule has 9 heteroatoms. The van der Waals surface area contributed by atoms with Crippen molar-refractivity contribution in [3.8, 4) is 0 Å². The maximum atomic E-state index is 13.6. The lowest BCUT2D eigenvalue weighted by Crippen LogP contribution is -2.42. The molecule has 1 aliphatic rings. The van der Waals surface area contributed by atoms with Gasteiger partial charge in [0.25, 0.3) is 0 Å². The maximum Gasteiger partial charge on any atom is 0.441 e. The van der Waals surface area contributed by atoms with Crippen LogP contribution < -0.4 is 0 Å². The average molecular weight is 305 g/mol. The monoisotopic (exact) mass is 305 g/mol. The molecular weight excluding hydrogens is 298 g/mol. The zero-order valence-corrected chi connectivity index (χ0v) is 9.56. The number of alkyl halides is 8. The van der Waals surface area contributed by atoms with E-state index >= 15 is 0 Å². The molecule has 0 aliphatic carbocycles. The molecule has 0 radical (unpaired) electrons. The molecule has 2 rings (SSSR count). The molecule has 1 aromatic carbocycles. The highest BCUT2D eigenvalue weighted by atomic mass is 19.4. The van der Waals surface area contributed by atoms with Gasteiger partial charge in [-0.05, 0) is 5.56 Å². The van der Waals surface area contributed by atoms with Crippen molar-refractivity contribution in [2.45, 2.75) is 30.5 Å². The molecule has 0 N–H and O–H groups in total. The predicted molar refractivity (Wildman–Crippen MR) is 51.8 cm³/mol. The Morgan fingerprint density at radius 2 is 1.20 bits per heavy atom. The topological polar surface area (TPSA) is 3.01 Å². The lowest BCUT2D eigenvalue weighted by Gasteiger charge is -2.14. The molecule has 20 heavy (non-hydrogen) atoms. The Morgan fingerprint density at radius 1 is 0.800 bits per heavy atom. The molecule has 1 aromatic rings. The Kier molecular flexibility index (Phi) is 3.05. The smallest absolute Gasteiger partial charge is 0.210 e. The Morgan fingerprint density at radius 3 is 1.55 bits per heavy atom. The molecule has 0 aromatic heterocycles. The van der Waals surface area contributed by atoms with E-state index in [1.54, 1.807) is 0 Å². The van der Waals surface area contributed by atoms with E-state index in [4.69, 9.17) is 0 Å². The van der Waals surface area contributed by atoms with Gasteiger partial charge >= 0.3 is 23.9 Å². The lowest BCUT2D eigenvalue weighted by molar-refractivity contribution is -0.258. The second kappa shape index (κ2) is 4.06. The van der Waals surface area contributed by atoms with Crippen molar-refractivity contribution in [3.05, 3.63) is 35.9 Å². The molecule has 0 saturated carbocycles. The number of hydrogen-bond acceptors (Lipinski definition) is 1. The summed E-state index contributed by atoms with van der Waals surface area (Å²) in [5, 5.41) is 0. The first-order valence-electron chi connectivity index (χ1n) is 5.29. The molecule has 112 valence electrons. The van der Waals surface area contributed by atoms with Gasteiger partial charge in [0.2, 0.25) is 0 Å². The van der Waals surface area contributed by atoms with Gasteiger partial charge in [-0.25, -0.2) is 13.7 Å². The van der Waals surface area contributed by atoms with Crippen molar-refractivity contribution in [2.24, 2.45) is 0 Å². The summed E-state index contributed by atoms with van der Waals surface area (Å²) in [5.41, 5.74) is -0.0671. The van der Waals surface area contributed by atoms with Gasteiger partial charge in [-0.3, -0.25) is 0 Å². The van der Waals surface area contributed by atoms with Crippen molar-refractivity contribution in [2.75, 3.05) is 0 Å². The number of nitrogens with zero attached hydrogens (tertiary/aromatic N) is 1. The van der Waals surface area contributed by atoms with Crippen LogP contribution >= 0.6 is 0 Å². The van der Waals surface area contributed by atoms with E-state index < -0.39 is 35.4 Å². The Labute approximate surface area is 107 Å². The van der Waals surface area contributed by atoms with Crippen molar-refractivity contribution in [1.82, 2.24) is 4.90 Å². The first-order valence-corrected chi connectivity index (χ1v) is 5.29. The molecule has 1 aliphatic heterocycles. The number of halogens is 8. The fraction of sp³-hybridized carbons (Fsp3) is 0.455. The standard InChI is InChI=1S/C11H7F8N/c12-8(10(14,15)16)9(13,11(17,18)19)20(8)6-7-4-2-1-3-5-7/h1-5H,6H2. The Bertz CT molecular complexity index is 469. The number of benzene rings is 1. The fourth-order valence-electron chi connectivity index (χ4n) is 2.02. The van der Waals surface area contributed by atoms with Gasteiger partial charge in [0.15, 0.2) is 0 Å². The Balaban J connectivity index is 2.37. The predicted octanol–water partition coefficient (Wildman–Crippen LogP) is 3.96. The molecule has 0 amide bonds. The molecule has 1 saturated heterocycles. The van der Waals surface area contributed by atoms with Crippen molar-refractivity contribution in [1.29, 1.82) is 0 Å². The largest absolute Gasteiger partial charge is 0.441 e. The highest BCUT2D eigenvalue weighted by molar-refractivity contribution is 5.27. The SMILES string of the molecule is FC(F)(F)C1(F)N(Cc2ccccc2)C1(F)C(F)(F)F. The highest BCUT2D eigenvalue weighted by Crippen LogP contribution is 2.68. The third-order valence-corrected chi connectivity index (χ3v) is 3.07. The van der Waals surface area contributed by atoms with Gasteiger partial charge in [0.1, 0.15) is 0 Å². The van der Waals surface area contributed by atoms with Crippen LogP contribution in [-0.2, 0) is 6.54 Å². The summed E-state index contributed by atoms with van der Waals surface area (Å²) in [6.07, 6.45) is -12.0. The van der Waals surface area contributed by atoms with Crippen LogP contribution in [0.25, 0.3) is 0 Å². The molecular formula is C11H7F8N. The minimum Gasteiger partial charge on any atom is -0.210 e. The van der Waals surface area contributed by atoms with Crippen LogP contribution in [0, 0.1) is 0 Å². The summed E-state index contributed by atoms with van der Waals surface area (Å²) in [4.78, 5) is -0.880. The summed E-state index contributed by atoms with van der Waals surface area (Å²) in [6, 6.07) is 6.47. The quantitative estimate of drug-likeness (QED) is 0.454. The summed E-state index contributed by atoms with van der Waals surface area (Å²) >= 11 is 0. The van der Waals surface area contributed by atoms with Crippen LogP contribution in [-0.4, -0.2) is 28.8 Å². The number of rotatable bonds is 2. The van der Waals surface area contributed by atoms with Crippen LogP contribution in [0.4, 0.5) is 35.1 Å². The second-order valence-electron chi connectivity index (χ2n) is 4.31. The zero-order chi connectivity index (χ0) is 15.4. The Hall–Kier alpha value is -1.38. The second-order valence-corrected chi connectivity index (χ2v) is 4.31. The van der Waals surface area contributed by atoms with Crippen LogP contribution in [0.1, 0.15) is 5.56 Å². The minimum atomic E-state index is -5.99. The van der Waals surface area contributed by atoms with Crippen LogP contribution in [0.5, 0.6) is 0 Å². The average Bonchev–Trinajstić information content (AvgIpc) is 2.81. The fourth-order valence-corrected chi connectivity index (χ4v) is 2.02. The van der Waals surface area contributed by atoms with E-state index in [1.165, 1.54) is 30.3 Å². The van der Waals surface area contributed by atoms with E-state index in [2.05, 4.69) is 0 Å². The third-order valence-electron chi connectivity index (χ3n) is 3.07. The summed E-state index contributed by atoms with van der Waals surface area (Å²) in [7, 11) is 0. The van der Waals surface area contributed by atoms with E-state index in [0.29, 0.717) is 0 Å². The normalized spacial score (nSPS) is 34.1. The van der Waals surface area contributed by atoms with E-state index in [1.807, 2.05) is 0 Å². The van der Waals surface area contributed by atoms with Gasteiger partial charge < -0.3 is 0 Å². The first-order chi connectivity index (χ1) is 8.96. The molecule has 1 fully saturated rings. The van der Waals surface area contributed by atoms with Gasteiger partial charge in [-0.2, -0.15) is 26.3 Å². The van der Waals surface area contributed by atoms with E-state index in [9.17, 15) is 35.1 Å². The molecule has 0 spiro atoms. The van der Waals surface area contributed by atoms with Crippen molar-refractivity contribution >= 4 is 0 Å². The van der Waals surface area contributed by atoms with Crippen LogP contribution in [0.2, 0.25) is 0 Å². The summed E-state index contributed by atoms with van der Waals surface area (Å²) in [6.45, 7) is -1.15. The van der Waals surface area contributed by atoms with Crippen molar-refractivity contribution < 1.29 is 35.1 Å². The van der Waals surface area contributed by atoms with Gasteiger partial charge in [0, 0.05) is 6.54 Å². The summed E-state index contributed by atoms with van der Waals surface area (Å²) < 4.78 is 102. The summed E-state index contributed by atoms with van der Waals surface area (Å²) in [5.74, 6) is -10.1. The van der Waals surface area contributed by atoms with Gasteiger partial charge in [-0.15, -0.1) is 0 Å². The maximum absolute atomic E-state index is 13.6.